The summed E-state index contributed by atoms with van der Waals surface area (Å²) in [6.07, 6.45) is 5.53. The van der Waals surface area contributed by atoms with Crippen molar-refractivity contribution in [3.05, 3.63) is 70.8 Å². The van der Waals surface area contributed by atoms with Gasteiger partial charge in [-0.25, -0.2) is 0 Å². The molecule has 3 nitrogen and oxygen atoms in total. The molecule has 1 amide bonds. The third kappa shape index (κ3) is 3.93. The molecule has 1 unspecified atom stereocenters. The van der Waals surface area contributed by atoms with Crippen LogP contribution in [-0.4, -0.2) is 36.5 Å². The van der Waals surface area contributed by atoms with Crippen LogP contribution in [0.15, 0.2) is 48.5 Å². The molecule has 1 N–H and O–H groups in total. The van der Waals surface area contributed by atoms with Gasteiger partial charge in [0.2, 0.25) is 5.91 Å². The zero-order valence-corrected chi connectivity index (χ0v) is 16.3. The van der Waals surface area contributed by atoms with E-state index < -0.39 is 0 Å². The first-order chi connectivity index (χ1) is 13.2. The highest BCUT2D eigenvalue weighted by molar-refractivity contribution is 5.78. The first-order valence-electron chi connectivity index (χ1n) is 10.4. The van der Waals surface area contributed by atoms with E-state index in [2.05, 4.69) is 60.8 Å². The molecule has 1 atom stereocenters. The Morgan fingerprint density at radius 2 is 1.67 bits per heavy atom. The third-order valence-corrected chi connectivity index (χ3v) is 6.28. The van der Waals surface area contributed by atoms with Gasteiger partial charge in [0.25, 0.3) is 0 Å². The molecule has 1 aliphatic heterocycles. The van der Waals surface area contributed by atoms with E-state index in [4.69, 9.17) is 0 Å². The van der Waals surface area contributed by atoms with Crippen LogP contribution < -0.4 is 5.32 Å². The smallest absolute Gasteiger partial charge is 0.236 e. The van der Waals surface area contributed by atoms with Gasteiger partial charge in [0.1, 0.15) is 0 Å². The molecule has 2 aromatic rings. The highest BCUT2D eigenvalue weighted by Crippen LogP contribution is 2.36. The maximum atomic E-state index is 12.4. The molecule has 0 spiro atoms. The normalized spacial score (nSPS) is 19.4. The number of nitrogens with zero attached hydrogens (tertiary/aromatic N) is 1. The maximum Gasteiger partial charge on any atom is 0.236 e. The van der Waals surface area contributed by atoms with Gasteiger partial charge in [-0.1, -0.05) is 48.5 Å². The summed E-state index contributed by atoms with van der Waals surface area (Å²) in [4.78, 5) is 14.5. The Bertz CT molecular complexity index is 753. The molecule has 1 heterocycles. The summed E-state index contributed by atoms with van der Waals surface area (Å²) in [5.74, 6) is 0.662. The predicted molar refractivity (Wildman–Crippen MR) is 110 cm³/mol. The Balaban J connectivity index is 1.43. The van der Waals surface area contributed by atoms with E-state index in [0.29, 0.717) is 18.5 Å². The van der Waals surface area contributed by atoms with Crippen LogP contribution in [0.3, 0.4) is 0 Å². The van der Waals surface area contributed by atoms with E-state index in [-0.39, 0.29) is 5.91 Å². The minimum Gasteiger partial charge on any atom is -0.339 e. The molecule has 2 aromatic carbocycles. The largest absolute Gasteiger partial charge is 0.339 e. The Morgan fingerprint density at radius 3 is 2.26 bits per heavy atom. The van der Waals surface area contributed by atoms with Gasteiger partial charge in [-0.15, -0.1) is 0 Å². The number of carbonyl (C=O) groups is 1. The topological polar surface area (TPSA) is 32.3 Å². The number of likely N-dealkylation sites (tertiary alicyclic amines) is 1. The fourth-order valence-electron chi connectivity index (χ4n) is 4.80. The number of hydrogen-bond donors (Lipinski definition) is 1. The summed E-state index contributed by atoms with van der Waals surface area (Å²) in [6.45, 7) is 4.40. The number of rotatable bonds is 5. The van der Waals surface area contributed by atoms with Crippen LogP contribution in [0.2, 0.25) is 0 Å². The average molecular weight is 363 g/mol. The van der Waals surface area contributed by atoms with Gasteiger partial charge in [0, 0.05) is 18.5 Å². The summed E-state index contributed by atoms with van der Waals surface area (Å²) >= 11 is 0. The van der Waals surface area contributed by atoms with Crippen molar-refractivity contribution in [2.45, 2.75) is 51.0 Å². The van der Waals surface area contributed by atoms with Gasteiger partial charge in [-0.2, -0.15) is 0 Å². The second kappa shape index (κ2) is 8.26. The van der Waals surface area contributed by atoms with E-state index in [9.17, 15) is 4.79 Å². The van der Waals surface area contributed by atoms with Crippen molar-refractivity contribution in [2.24, 2.45) is 0 Å². The molecule has 0 aromatic heterocycles. The molecule has 0 saturated carbocycles. The molecule has 1 aliphatic carbocycles. The van der Waals surface area contributed by atoms with Crippen LogP contribution in [0, 0.1) is 0 Å². The Kier molecular flexibility index (Phi) is 5.58. The monoisotopic (exact) mass is 362 g/mol. The van der Waals surface area contributed by atoms with E-state index >= 15 is 0 Å². The van der Waals surface area contributed by atoms with Crippen LogP contribution in [-0.2, 0) is 17.6 Å². The molecule has 2 aliphatic rings. The van der Waals surface area contributed by atoms with Gasteiger partial charge in [-0.05, 0) is 67.8 Å². The van der Waals surface area contributed by atoms with Crippen molar-refractivity contribution in [2.75, 3.05) is 19.6 Å². The minimum absolute atomic E-state index is 0.252. The van der Waals surface area contributed by atoms with Crippen LogP contribution in [0.25, 0.3) is 0 Å². The molecule has 142 valence electrons. The molecule has 1 fully saturated rings. The van der Waals surface area contributed by atoms with Gasteiger partial charge in [0.05, 0.1) is 6.54 Å². The first kappa shape index (κ1) is 18.2. The zero-order chi connectivity index (χ0) is 18.6. The van der Waals surface area contributed by atoms with Crippen molar-refractivity contribution in [1.82, 2.24) is 10.2 Å². The molecule has 27 heavy (non-hydrogen) atoms. The van der Waals surface area contributed by atoms with E-state index in [1.165, 1.54) is 22.3 Å². The summed E-state index contributed by atoms with van der Waals surface area (Å²) in [6, 6.07) is 18.2. The Labute approximate surface area is 162 Å². The maximum absolute atomic E-state index is 12.4. The summed E-state index contributed by atoms with van der Waals surface area (Å²) in [5.41, 5.74) is 5.87. The van der Waals surface area contributed by atoms with Gasteiger partial charge in [0.15, 0.2) is 0 Å². The predicted octanol–water partition coefficient (Wildman–Crippen LogP) is 3.91. The van der Waals surface area contributed by atoms with E-state index in [0.717, 1.165) is 45.2 Å². The van der Waals surface area contributed by atoms with Gasteiger partial charge < -0.3 is 10.2 Å². The average Bonchev–Trinajstić information content (AvgIpc) is 3.06. The Hall–Kier alpha value is -2.13. The molecule has 0 radical (unpaired) electrons. The quantitative estimate of drug-likeness (QED) is 0.818. The summed E-state index contributed by atoms with van der Waals surface area (Å²) in [7, 11) is 0. The molecule has 3 heteroatoms. The van der Waals surface area contributed by atoms with Crippen LogP contribution in [0.1, 0.15) is 54.4 Å². The van der Waals surface area contributed by atoms with Crippen molar-refractivity contribution >= 4 is 5.91 Å². The summed E-state index contributed by atoms with van der Waals surface area (Å²) < 4.78 is 0. The number of fused-ring (bicyclic) bond motifs is 2. The fourth-order valence-corrected chi connectivity index (χ4v) is 4.80. The fraction of sp³-hybridized carbons (Fsp3) is 0.458. The number of carbonyl (C=O) groups excluding carboxylic acids is 1. The molecule has 4 rings (SSSR count). The molecule has 0 bridgehead atoms. The lowest BCUT2D eigenvalue weighted by atomic mass is 9.86. The van der Waals surface area contributed by atoms with Crippen molar-refractivity contribution in [3.8, 4) is 0 Å². The van der Waals surface area contributed by atoms with E-state index in [1.807, 2.05) is 4.90 Å². The van der Waals surface area contributed by atoms with Crippen molar-refractivity contribution in [1.29, 1.82) is 0 Å². The lowest BCUT2D eigenvalue weighted by molar-refractivity contribution is -0.130. The number of hydrogen-bond acceptors (Lipinski definition) is 2. The highest BCUT2D eigenvalue weighted by atomic mass is 16.2. The van der Waals surface area contributed by atoms with E-state index in [1.54, 1.807) is 0 Å². The van der Waals surface area contributed by atoms with Crippen molar-refractivity contribution < 1.29 is 4.79 Å². The van der Waals surface area contributed by atoms with Crippen molar-refractivity contribution in [3.63, 3.8) is 0 Å². The summed E-state index contributed by atoms with van der Waals surface area (Å²) in [5, 5.41) is 3.42. The number of amides is 1. The van der Waals surface area contributed by atoms with Gasteiger partial charge >= 0.3 is 0 Å². The highest BCUT2D eigenvalue weighted by Gasteiger charge is 2.25. The lowest BCUT2D eigenvalue weighted by Gasteiger charge is -2.23. The third-order valence-electron chi connectivity index (χ3n) is 6.28. The number of nitrogens with one attached hydrogen (secondary N) is 1. The van der Waals surface area contributed by atoms with Crippen LogP contribution in [0.5, 0.6) is 0 Å². The number of aryl methyl sites for hydroxylation is 2. The first-order valence-corrected chi connectivity index (χ1v) is 10.4. The molecular weight excluding hydrogens is 332 g/mol. The van der Waals surface area contributed by atoms with Gasteiger partial charge in [-0.3, -0.25) is 4.79 Å². The second-order valence-corrected chi connectivity index (χ2v) is 7.99. The Morgan fingerprint density at radius 1 is 1.04 bits per heavy atom. The lowest BCUT2D eigenvalue weighted by Crippen LogP contribution is -2.40. The minimum atomic E-state index is 0.252. The number of benzene rings is 2. The standard InChI is InChI=1S/C24H30N2O/c1-18-7-6-16-26(18)24(27)17-25-15-14-23-21-10-4-2-8-19(21)12-13-20-9-3-5-11-22(20)23/h2-5,8-11,18,23,25H,6-7,12-17H2,1H3. The SMILES string of the molecule is CC1CCCN1C(=O)CNCCC1c2ccccc2CCc2ccccc21. The van der Waals surface area contributed by atoms with Crippen LogP contribution in [0.4, 0.5) is 0 Å². The van der Waals surface area contributed by atoms with Crippen LogP contribution >= 0.6 is 0 Å². The second-order valence-electron chi connectivity index (χ2n) is 7.99. The zero-order valence-electron chi connectivity index (χ0n) is 16.3. The molecular formula is C24H30N2O. The molecule has 1 saturated heterocycles.